The zero-order valence-electron chi connectivity index (χ0n) is 42.1. The highest BCUT2D eigenvalue weighted by atomic mass is 16.6. The second-order valence-corrected chi connectivity index (χ2v) is 16.3. The monoisotopic (exact) mass is 919 g/mol. The van der Waals surface area contributed by atoms with Gasteiger partial charge in [-0.1, -0.05) is 249 Å². The van der Waals surface area contributed by atoms with Crippen molar-refractivity contribution in [3.05, 3.63) is 170 Å². The molecule has 1 unspecified atom stereocenters. The van der Waals surface area contributed by atoms with Crippen LogP contribution in [0.1, 0.15) is 175 Å². The van der Waals surface area contributed by atoms with Crippen LogP contribution in [0.25, 0.3) is 0 Å². The van der Waals surface area contributed by atoms with Gasteiger partial charge in [0.25, 0.3) is 0 Å². The Hall–Kier alpha value is -5.23. The summed E-state index contributed by atoms with van der Waals surface area (Å²) in [5, 5.41) is 0. The topological polar surface area (TPSA) is 78.9 Å². The molecule has 0 aromatic carbocycles. The number of hydrogen-bond acceptors (Lipinski definition) is 6. The molecule has 0 fully saturated rings. The fourth-order valence-electron chi connectivity index (χ4n) is 6.16. The Morgan fingerprint density at radius 2 is 0.582 bits per heavy atom. The maximum atomic E-state index is 12.8. The van der Waals surface area contributed by atoms with Gasteiger partial charge in [-0.15, -0.1) is 0 Å². The number of carbonyl (C=O) groups excluding carboxylic acids is 3. The summed E-state index contributed by atoms with van der Waals surface area (Å²) in [6.07, 6.45) is 78.9. The Bertz CT molecular complexity index is 1620. The summed E-state index contributed by atoms with van der Waals surface area (Å²) in [5.74, 6) is -1.03. The van der Waals surface area contributed by atoms with Crippen LogP contribution in [0.4, 0.5) is 0 Å². The van der Waals surface area contributed by atoms with Crippen LogP contribution in [0.3, 0.4) is 0 Å². The molecule has 0 saturated carbocycles. The Labute approximate surface area is 409 Å². The molecule has 0 aliphatic rings. The summed E-state index contributed by atoms with van der Waals surface area (Å²) in [4.78, 5) is 38.0. The molecule has 0 rings (SSSR count). The Morgan fingerprint density at radius 1 is 0.313 bits per heavy atom. The minimum atomic E-state index is -0.829. The van der Waals surface area contributed by atoms with Gasteiger partial charge in [0.1, 0.15) is 13.2 Å². The van der Waals surface area contributed by atoms with Crippen LogP contribution in [0, 0.1) is 0 Å². The average Bonchev–Trinajstić information content (AvgIpc) is 3.33. The molecular weight excluding hydrogens is 829 g/mol. The lowest BCUT2D eigenvalue weighted by Gasteiger charge is -2.18. The van der Waals surface area contributed by atoms with Crippen molar-refractivity contribution < 1.29 is 28.6 Å². The van der Waals surface area contributed by atoms with Crippen molar-refractivity contribution in [3.63, 3.8) is 0 Å². The lowest BCUT2D eigenvalue weighted by atomic mass is 10.1. The number of ether oxygens (including phenoxy) is 3. The number of esters is 3. The molecule has 6 heteroatoms. The summed E-state index contributed by atoms with van der Waals surface area (Å²) in [7, 11) is 0. The molecular formula is C61H90O6. The summed E-state index contributed by atoms with van der Waals surface area (Å²) in [5.41, 5.74) is 0. The number of unbranched alkanes of at least 4 members (excludes halogenated alkanes) is 15. The molecule has 1 atom stereocenters. The van der Waals surface area contributed by atoms with Crippen molar-refractivity contribution in [3.8, 4) is 0 Å². The first-order valence-electron chi connectivity index (χ1n) is 25.8. The van der Waals surface area contributed by atoms with Gasteiger partial charge >= 0.3 is 17.9 Å². The van der Waals surface area contributed by atoms with E-state index in [-0.39, 0.29) is 37.5 Å². The van der Waals surface area contributed by atoms with E-state index < -0.39 is 6.10 Å². The van der Waals surface area contributed by atoms with Crippen molar-refractivity contribution in [1.29, 1.82) is 0 Å². The third-order valence-electron chi connectivity index (χ3n) is 9.99. The van der Waals surface area contributed by atoms with Gasteiger partial charge < -0.3 is 14.2 Å². The van der Waals surface area contributed by atoms with E-state index in [4.69, 9.17) is 14.2 Å². The predicted octanol–water partition coefficient (Wildman–Crippen LogP) is 17.2. The molecule has 0 bridgehead atoms. The third kappa shape index (κ3) is 51.6. The molecule has 0 aromatic heterocycles. The summed E-state index contributed by atoms with van der Waals surface area (Å²) in [6.45, 7) is 6.21. The predicted molar refractivity (Wildman–Crippen MR) is 288 cm³/mol. The number of carbonyl (C=O) groups is 3. The van der Waals surface area contributed by atoms with Gasteiger partial charge in [-0.2, -0.15) is 0 Å². The maximum Gasteiger partial charge on any atom is 0.306 e. The van der Waals surface area contributed by atoms with Gasteiger partial charge in [0.2, 0.25) is 0 Å². The summed E-state index contributed by atoms with van der Waals surface area (Å²) >= 11 is 0. The molecule has 0 aliphatic carbocycles. The minimum absolute atomic E-state index is 0.125. The lowest BCUT2D eigenvalue weighted by molar-refractivity contribution is -0.167. The van der Waals surface area contributed by atoms with E-state index in [0.29, 0.717) is 12.8 Å². The highest BCUT2D eigenvalue weighted by molar-refractivity contribution is 5.71. The smallest absolute Gasteiger partial charge is 0.306 e. The van der Waals surface area contributed by atoms with Crippen LogP contribution >= 0.6 is 0 Å². The van der Waals surface area contributed by atoms with Crippen molar-refractivity contribution in [2.45, 2.75) is 181 Å². The van der Waals surface area contributed by atoms with E-state index >= 15 is 0 Å². The maximum absolute atomic E-state index is 12.8. The van der Waals surface area contributed by atoms with E-state index in [2.05, 4.69) is 81.5 Å². The average molecular weight is 919 g/mol. The quantitative estimate of drug-likeness (QED) is 0.0262. The van der Waals surface area contributed by atoms with Crippen molar-refractivity contribution in [2.24, 2.45) is 0 Å². The van der Waals surface area contributed by atoms with Crippen LogP contribution < -0.4 is 0 Å². The van der Waals surface area contributed by atoms with Gasteiger partial charge in [-0.25, -0.2) is 0 Å². The molecule has 0 saturated heterocycles. The largest absolute Gasteiger partial charge is 0.462 e. The molecule has 67 heavy (non-hydrogen) atoms. The first-order valence-corrected chi connectivity index (χ1v) is 25.8. The molecule has 370 valence electrons. The molecule has 0 N–H and O–H groups in total. The Kier molecular flexibility index (Phi) is 49.2. The zero-order chi connectivity index (χ0) is 48.6. The van der Waals surface area contributed by atoms with E-state index in [1.807, 2.05) is 109 Å². The second-order valence-electron chi connectivity index (χ2n) is 16.3. The minimum Gasteiger partial charge on any atom is -0.462 e. The fourth-order valence-corrected chi connectivity index (χ4v) is 6.16. The number of rotatable bonds is 43. The fraction of sp³-hybridized carbons (Fsp3) is 0.492. The summed E-state index contributed by atoms with van der Waals surface area (Å²) < 4.78 is 16.7. The number of allylic oxidation sites excluding steroid dienone is 28. The molecule has 0 amide bonds. The van der Waals surface area contributed by atoms with Crippen LogP contribution in [-0.2, 0) is 28.6 Å². The highest BCUT2D eigenvalue weighted by Gasteiger charge is 2.19. The highest BCUT2D eigenvalue weighted by Crippen LogP contribution is 2.12. The van der Waals surface area contributed by atoms with Crippen molar-refractivity contribution in [1.82, 2.24) is 0 Å². The van der Waals surface area contributed by atoms with Gasteiger partial charge in [-0.05, 0) is 77.0 Å². The van der Waals surface area contributed by atoms with Gasteiger partial charge in [-0.3, -0.25) is 14.4 Å². The Morgan fingerprint density at radius 3 is 0.925 bits per heavy atom. The normalized spacial score (nSPS) is 13.5. The van der Waals surface area contributed by atoms with Gasteiger partial charge in [0.05, 0.1) is 0 Å². The van der Waals surface area contributed by atoms with Crippen LogP contribution in [0.5, 0.6) is 0 Å². The molecule has 0 aromatic rings. The first-order chi connectivity index (χ1) is 33.0. The van der Waals surface area contributed by atoms with Crippen LogP contribution in [-0.4, -0.2) is 37.2 Å². The standard InChI is InChI=1S/C61H90O6/c1-4-7-10-13-16-19-22-25-27-29-31-33-36-39-42-45-48-51-54-60(63)66-57-58(56-65-59(62)53-50-47-44-41-38-35-24-21-18-15-12-9-6-3)67-61(64)55-52-49-46-43-40-37-34-32-30-28-26-23-20-17-14-11-8-5-2/h9-35,38,58H,4-8,36-37,39-57H2,1-3H3/b12-9+,13-10+,14-11+,18-15+,19-16+,20-17+,24-21+,25-22+,26-23+,29-27+,30-28+,33-31+,34-32+,38-35+. The number of hydrogen-bond donors (Lipinski definition) is 0. The SMILES string of the molecule is CC/C=C/C=C/C=C/C=C/CCCCCC(=O)OCC(COC(=O)CCCCCCC/C=C/C=C/C=C/C=C/C=C/CCC)OC(=O)CCCCCCC/C=C/C=C/C=C/C=C/C=C/CCC. The van der Waals surface area contributed by atoms with Gasteiger partial charge in [0.15, 0.2) is 6.10 Å². The zero-order valence-corrected chi connectivity index (χ0v) is 42.1. The van der Waals surface area contributed by atoms with E-state index in [1.54, 1.807) is 0 Å². The van der Waals surface area contributed by atoms with Crippen LogP contribution in [0.2, 0.25) is 0 Å². The second kappa shape index (κ2) is 53.4. The molecule has 0 aliphatic heterocycles. The Balaban J connectivity index is 4.60. The third-order valence-corrected chi connectivity index (χ3v) is 9.99. The van der Waals surface area contributed by atoms with Crippen molar-refractivity contribution in [2.75, 3.05) is 13.2 Å². The molecule has 6 nitrogen and oxygen atoms in total. The van der Waals surface area contributed by atoms with Crippen LogP contribution in [0.15, 0.2) is 170 Å². The van der Waals surface area contributed by atoms with Gasteiger partial charge in [0, 0.05) is 19.3 Å². The lowest BCUT2D eigenvalue weighted by Crippen LogP contribution is -2.30. The molecule has 0 heterocycles. The van der Waals surface area contributed by atoms with E-state index in [1.165, 1.54) is 12.8 Å². The first kappa shape index (κ1) is 61.8. The van der Waals surface area contributed by atoms with E-state index in [9.17, 15) is 14.4 Å². The molecule has 0 radical (unpaired) electrons. The summed E-state index contributed by atoms with van der Waals surface area (Å²) in [6, 6.07) is 0. The molecule has 0 spiro atoms. The van der Waals surface area contributed by atoms with E-state index in [0.717, 1.165) is 122 Å². The van der Waals surface area contributed by atoms with Crippen molar-refractivity contribution >= 4 is 17.9 Å².